The topological polar surface area (TPSA) is 142 Å². The number of carbonyl (C=O) groups excluding carboxylic acids is 1. The Bertz CT molecular complexity index is 1370. The second-order valence-corrected chi connectivity index (χ2v) is 7.44. The van der Waals surface area contributed by atoms with Crippen molar-refractivity contribution in [2.75, 3.05) is 11.9 Å². The fourth-order valence-electron chi connectivity index (χ4n) is 3.42. The molecule has 10 nitrogen and oxygen atoms in total. The number of hydrogen-bond donors (Lipinski definition) is 3. The first-order valence-corrected chi connectivity index (χ1v) is 10.7. The molecule has 0 saturated carbocycles. The smallest absolute Gasteiger partial charge is 0.251 e. The highest BCUT2D eigenvalue weighted by molar-refractivity contribution is 5.95. The van der Waals surface area contributed by atoms with Gasteiger partial charge in [0.1, 0.15) is 17.8 Å². The third-order valence-corrected chi connectivity index (χ3v) is 5.15. The van der Waals surface area contributed by atoms with E-state index >= 15 is 0 Å². The lowest BCUT2D eigenvalue weighted by atomic mass is 10.1. The van der Waals surface area contributed by atoms with E-state index in [2.05, 4.69) is 30.8 Å². The number of rotatable bonds is 9. The first-order chi connectivity index (χ1) is 17.1. The van der Waals surface area contributed by atoms with Crippen molar-refractivity contribution in [2.45, 2.75) is 19.6 Å². The molecule has 0 bridgehead atoms. The van der Waals surface area contributed by atoms with Crippen molar-refractivity contribution in [3.8, 4) is 17.6 Å². The summed E-state index contributed by atoms with van der Waals surface area (Å²) in [4.78, 5) is 20.7. The lowest BCUT2D eigenvalue weighted by Crippen LogP contribution is -2.23. The van der Waals surface area contributed by atoms with Crippen molar-refractivity contribution in [1.82, 2.24) is 30.0 Å². The summed E-state index contributed by atoms with van der Waals surface area (Å²) in [5, 5.41) is 32.7. The van der Waals surface area contributed by atoms with E-state index in [-0.39, 0.29) is 37.7 Å². The largest absolute Gasteiger partial charge is 0.395 e. The van der Waals surface area contributed by atoms with Crippen molar-refractivity contribution in [2.24, 2.45) is 0 Å². The molecule has 0 unspecified atom stereocenters. The van der Waals surface area contributed by atoms with Gasteiger partial charge in [-0.1, -0.05) is 6.07 Å². The van der Waals surface area contributed by atoms with Crippen LogP contribution in [0.15, 0.2) is 61.1 Å². The van der Waals surface area contributed by atoms with Gasteiger partial charge in [-0.2, -0.15) is 5.26 Å². The lowest BCUT2D eigenvalue weighted by molar-refractivity contribution is 0.0950. The number of aliphatic hydroxyl groups excluding tert-OH is 1. The molecular formula is C24H21FN8O2. The number of nitrogens with zero attached hydrogens (tertiary/aromatic N) is 6. The molecule has 0 atom stereocenters. The van der Waals surface area contributed by atoms with Gasteiger partial charge in [0.25, 0.3) is 5.91 Å². The second-order valence-electron chi connectivity index (χ2n) is 7.44. The quantitative estimate of drug-likeness (QED) is 0.337. The number of anilines is 1. The van der Waals surface area contributed by atoms with E-state index in [1.807, 2.05) is 6.07 Å². The number of nitriles is 1. The Kier molecular flexibility index (Phi) is 7.34. The maximum Gasteiger partial charge on any atom is 0.251 e. The minimum Gasteiger partial charge on any atom is -0.395 e. The standard InChI is InChI=1S/C24H21FN8O2/c25-20-5-4-16(12-26)10-18(20)13-29-24(35)17-2-1-3-19(11-17)28-14-22-31-32-23(33(22)8-9-34)21-6-7-27-15-30-21/h1-7,10-11,15,28,34H,8-9,13-14H2,(H,29,35). The molecule has 0 aliphatic carbocycles. The average Bonchev–Trinajstić information content (AvgIpc) is 3.30. The van der Waals surface area contributed by atoms with Crippen molar-refractivity contribution >= 4 is 11.6 Å². The van der Waals surface area contributed by atoms with Crippen LogP contribution < -0.4 is 10.6 Å². The fourth-order valence-corrected chi connectivity index (χ4v) is 3.42. The zero-order valence-corrected chi connectivity index (χ0v) is 18.5. The van der Waals surface area contributed by atoms with Gasteiger partial charge < -0.3 is 20.3 Å². The van der Waals surface area contributed by atoms with Crippen LogP contribution in [0.1, 0.15) is 27.3 Å². The van der Waals surface area contributed by atoms with Crippen molar-refractivity contribution in [3.05, 3.63) is 89.4 Å². The number of halogens is 1. The molecule has 35 heavy (non-hydrogen) atoms. The van der Waals surface area contributed by atoms with Crippen molar-refractivity contribution in [3.63, 3.8) is 0 Å². The molecule has 0 aliphatic heterocycles. The Morgan fingerprint density at radius 3 is 2.80 bits per heavy atom. The molecule has 4 rings (SSSR count). The van der Waals surface area contributed by atoms with Crippen LogP contribution >= 0.6 is 0 Å². The van der Waals surface area contributed by atoms with Crippen LogP contribution in [0.2, 0.25) is 0 Å². The predicted molar refractivity (Wildman–Crippen MR) is 124 cm³/mol. The molecule has 11 heteroatoms. The van der Waals surface area contributed by atoms with Gasteiger partial charge in [0.15, 0.2) is 11.6 Å². The van der Waals surface area contributed by atoms with Crippen LogP contribution in [0, 0.1) is 17.1 Å². The van der Waals surface area contributed by atoms with E-state index in [9.17, 15) is 14.3 Å². The second kappa shape index (κ2) is 11.0. The zero-order chi connectivity index (χ0) is 24.6. The van der Waals surface area contributed by atoms with E-state index in [0.29, 0.717) is 34.2 Å². The molecule has 176 valence electrons. The Hall–Kier alpha value is -4.69. The molecule has 2 heterocycles. The van der Waals surface area contributed by atoms with E-state index in [4.69, 9.17) is 5.26 Å². The number of nitrogens with one attached hydrogen (secondary N) is 2. The Labute approximate surface area is 200 Å². The summed E-state index contributed by atoms with van der Waals surface area (Å²) in [5.74, 6) is 0.215. The van der Waals surface area contributed by atoms with Gasteiger partial charge in [-0.25, -0.2) is 14.4 Å². The van der Waals surface area contributed by atoms with Crippen molar-refractivity contribution < 1.29 is 14.3 Å². The number of aliphatic hydroxyl groups is 1. The third kappa shape index (κ3) is 5.63. The van der Waals surface area contributed by atoms with E-state index < -0.39 is 5.82 Å². The highest BCUT2D eigenvalue weighted by atomic mass is 19.1. The molecule has 1 amide bonds. The SMILES string of the molecule is N#Cc1ccc(F)c(CNC(=O)c2cccc(NCc3nnc(-c4ccncn4)n3CCO)c2)c1. The molecule has 2 aromatic heterocycles. The highest BCUT2D eigenvalue weighted by Gasteiger charge is 2.15. The number of amides is 1. The summed E-state index contributed by atoms with van der Waals surface area (Å²) >= 11 is 0. The van der Waals surface area contributed by atoms with Gasteiger partial charge in [0, 0.05) is 36.1 Å². The summed E-state index contributed by atoms with van der Waals surface area (Å²) in [6, 6.07) is 14.5. The number of benzene rings is 2. The van der Waals surface area contributed by atoms with Crippen LogP contribution in [0.25, 0.3) is 11.5 Å². The van der Waals surface area contributed by atoms with Gasteiger partial charge in [-0.3, -0.25) is 4.79 Å². The maximum atomic E-state index is 14.0. The summed E-state index contributed by atoms with van der Waals surface area (Å²) in [7, 11) is 0. The third-order valence-electron chi connectivity index (χ3n) is 5.15. The van der Waals surface area contributed by atoms with Crippen LogP contribution in [-0.4, -0.2) is 42.4 Å². The molecule has 2 aromatic carbocycles. The lowest BCUT2D eigenvalue weighted by Gasteiger charge is -2.11. The van der Waals surface area contributed by atoms with Gasteiger partial charge in [-0.05, 0) is 42.5 Å². The Morgan fingerprint density at radius 1 is 1.14 bits per heavy atom. The summed E-state index contributed by atoms with van der Waals surface area (Å²) in [5.41, 5.74) is 2.18. The highest BCUT2D eigenvalue weighted by Crippen LogP contribution is 2.17. The number of carbonyl (C=O) groups is 1. The monoisotopic (exact) mass is 472 g/mol. The summed E-state index contributed by atoms with van der Waals surface area (Å²) < 4.78 is 15.7. The van der Waals surface area contributed by atoms with E-state index in [1.165, 1.54) is 24.5 Å². The molecule has 0 aliphatic rings. The summed E-state index contributed by atoms with van der Waals surface area (Å²) in [6.45, 7) is 0.426. The first kappa shape index (κ1) is 23.5. The van der Waals surface area contributed by atoms with Crippen LogP contribution in [0.3, 0.4) is 0 Å². The maximum absolute atomic E-state index is 14.0. The van der Waals surface area contributed by atoms with Gasteiger partial charge in [0.2, 0.25) is 0 Å². The Balaban J connectivity index is 1.43. The van der Waals surface area contributed by atoms with Crippen LogP contribution in [0.4, 0.5) is 10.1 Å². The first-order valence-electron chi connectivity index (χ1n) is 10.7. The average molecular weight is 472 g/mol. The van der Waals surface area contributed by atoms with Gasteiger partial charge >= 0.3 is 0 Å². The van der Waals surface area contributed by atoms with Gasteiger partial charge in [0.05, 0.1) is 24.8 Å². The van der Waals surface area contributed by atoms with Crippen molar-refractivity contribution in [1.29, 1.82) is 5.26 Å². The molecule has 0 spiro atoms. The number of hydrogen-bond acceptors (Lipinski definition) is 8. The molecule has 0 radical (unpaired) electrons. The fraction of sp³-hybridized carbons (Fsp3) is 0.167. The Morgan fingerprint density at radius 2 is 2.03 bits per heavy atom. The minimum atomic E-state index is -0.493. The molecule has 4 aromatic rings. The van der Waals surface area contributed by atoms with E-state index in [1.54, 1.807) is 41.1 Å². The minimum absolute atomic E-state index is 0.0477. The molecule has 3 N–H and O–H groups in total. The predicted octanol–water partition coefficient (Wildman–Crippen LogP) is 2.28. The molecule has 0 saturated heterocycles. The van der Waals surface area contributed by atoms with Crippen LogP contribution in [-0.2, 0) is 19.6 Å². The zero-order valence-electron chi connectivity index (χ0n) is 18.5. The normalized spacial score (nSPS) is 10.5. The van der Waals surface area contributed by atoms with Gasteiger partial charge in [-0.15, -0.1) is 10.2 Å². The van der Waals surface area contributed by atoms with Crippen LogP contribution in [0.5, 0.6) is 0 Å². The van der Waals surface area contributed by atoms with E-state index in [0.717, 1.165) is 0 Å². The number of aromatic nitrogens is 5. The molecule has 0 fully saturated rings. The summed E-state index contributed by atoms with van der Waals surface area (Å²) in [6.07, 6.45) is 3.01. The molecular weight excluding hydrogens is 451 g/mol.